The first kappa shape index (κ1) is 13.1. The Morgan fingerprint density at radius 2 is 1.63 bits per heavy atom. The molecule has 19 heavy (non-hydrogen) atoms. The number of rotatable bonds is 3. The fraction of sp³-hybridized carbons (Fsp3) is 0.133. The van der Waals surface area contributed by atoms with Gasteiger partial charge in [0.05, 0.1) is 16.9 Å². The second-order valence-corrected chi connectivity index (χ2v) is 4.46. The Balaban J connectivity index is 2.45. The fourth-order valence-electron chi connectivity index (χ4n) is 1.83. The Kier molecular flexibility index (Phi) is 3.51. The summed E-state index contributed by atoms with van der Waals surface area (Å²) in [5.41, 5.74) is 2.57. The highest BCUT2D eigenvalue weighted by molar-refractivity contribution is 5.95. The van der Waals surface area contributed by atoms with Crippen LogP contribution in [0.25, 0.3) is 0 Å². The number of halogens is 1. The van der Waals surface area contributed by atoms with E-state index in [-0.39, 0.29) is 11.3 Å². The Bertz CT molecular complexity index is 638. The molecule has 0 aromatic heterocycles. The summed E-state index contributed by atoms with van der Waals surface area (Å²) in [4.78, 5) is 11.1. The van der Waals surface area contributed by atoms with Gasteiger partial charge in [-0.15, -0.1) is 0 Å². The second-order valence-electron chi connectivity index (χ2n) is 4.46. The summed E-state index contributed by atoms with van der Waals surface area (Å²) in [5, 5.41) is 12.0. The van der Waals surface area contributed by atoms with E-state index in [1.165, 1.54) is 12.1 Å². The van der Waals surface area contributed by atoms with Gasteiger partial charge in [0, 0.05) is 0 Å². The zero-order chi connectivity index (χ0) is 14.0. The van der Waals surface area contributed by atoms with Gasteiger partial charge in [0.15, 0.2) is 0 Å². The van der Waals surface area contributed by atoms with Crippen LogP contribution < -0.4 is 5.32 Å². The van der Waals surface area contributed by atoms with Crippen molar-refractivity contribution in [1.29, 1.82) is 0 Å². The molecule has 2 rings (SSSR count). The number of benzene rings is 2. The highest BCUT2D eigenvalue weighted by atomic mass is 19.1. The third kappa shape index (κ3) is 2.91. The Hall–Kier alpha value is -2.36. The van der Waals surface area contributed by atoms with Crippen LogP contribution in [0.15, 0.2) is 36.4 Å². The molecule has 0 fully saturated rings. The Morgan fingerprint density at radius 3 is 2.26 bits per heavy atom. The maximum absolute atomic E-state index is 13.7. The number of carboxylic acids is 1. The quantitative estimate of drug-likeness (QED) is 0.879. The summed E-state index contributed by atoms with van der Waals surface area (Å²) in [6, 6.07) is 9.56. The van der Waals surface area contributed by atoms with Gasteiger partial charge in [-0.2, -0.15) is 0 Å². The number of aryl methyl sites for hydroxylation is 2. The molecular formula is C15H14FNO2. The number of nitrogens with one attached hydrogen (secondary N) is 1. The first-order valence-electron chi connectivity index (χ1n) is 5.84. The predicted octanol–water partition coefficient (Wildman–Crippen LogP) is 3.88. The van der Waals surface area contributed by atoms with Gasteiger partial charge in [0.25, 0.3) is 0 Å². The van der Waals surface area contributed by atoms with Crippen LogP contribution in [-0.4, -0.2) is 11.1 Å². The summed E-state index contributed by atoms with van der Waals surface area (Å²) in [6.07, 6.45) is 0. The molecule has 0 aliphatic carbocycles. The molecule has 0 saturated carbocycles. The van der Waals surface area contributed by atoms with Crippen LogP contribution in [-0.2, 0) is 0 Å². The predicted molar refractivity (Wildman–Crippen MR) is 72.6 cm³/mol. The molecule has 0 bridgehead atoms. The third-order valence-corrected chi connectivity index (χ3v) is 2.80. The zero-order valence-corrected chi connectivity index (χ0v) is 10.7. The van der Waals surface area contributed by atoms with E-state index in [9.17, 15) is 9.18 Å². The largest absolute Gasteiger partial charge is 0.478 e. The molecule has 0 aliphatic heterocycles. The van der Waals surface area contributed by atoms with E-state index in [0.717, 1.165) is 11.1 Å². The van der Waals surface area contributed by atoms with Crippen molar-refractivity contribution in [1.82, 2.24) is 0 Å². The second kappa shape index (κ2) is 5.10. The summed E-state index contributed by atoms with van der Waals surface area (Å²) < 4.78 is 13.7. The van der Waals surface area contributed by atoms with Crippen molar-refractivity contribution in [3.63, 3.8) is 0 Å². The van der Waals surface area contributed by atoms with Gasteiger partial charge in [-0.05, 0) is 49.2 Å². The SMILES string of the molecule is Cc1ccc(F)c(Nc2cc(C)ccc2C(=O)O)c1. The van der Waals surface area contributed by atoms with Crippen molar-refractivity contribution in [2.45, 2.75) is 13.8 Å². The molecule has 2 aromatic carbocycles. The van der Waals surface area contributed by atoms with E-state index in [0.29, 0.717) is 5.69 Å². The summed E-state index contributed by atoms with van der Waals surface area (Å²) >= 11 is 0. The van der Waals surface area contributed by atoms with E-state index in [2.05, 4.69) is 5.32 Å². The third-order valence-electron chi connectivity index (χ3n) is 2.80. The van der Waals surface area contributed by atoms with Crippen LogP contribution in [0.3, 0.4) is 0 Å². The summed E-state index contributed by atoms with van der Waals surface area (Å²) in [7, 11) is 0. The molecule has 0 amide bonds. The van der Waals surface area contributed by atoms with Crippen LogP contribution in [0.4, 0.5) is 15.8 Å². The van der Waals surface area contributed by atoms with Gasteiger partial charge in [-0.1, -0.05) is 12.1 Å². The number of anilines is 2. The van der Waals surface area contributed by atoms with Crippen LogP contribution in [0.1, 0.15) is 21.5 Å². The van der Waals surface area contributed by atoms with Crippen molar-refractivity contribution < 1.29 is 14.3 Å². The van der Waals surface area contributed by atoms with Crippen molar-refractivity contribution in [3.05, 3.63) is 58.9 Å². The van der Waals surface area contributed by atoms with Crippen molar-refractivity contribution in [3.8, 4) is 0 Å². The maximum atomic E-state index is 13.7. The molecule has 2 aromatic rings. The van der Waals surface area contributed by atoms with Gasteiger partial charge in [-0.3, -0.25) is 0 Å². The average Bonchev–Trinajstić information content (AvgIpc) is 2.33. The average molecular weight is 259 g/mol. The number of hydrogen-bond acceptors (Lipinski definition) is 2. The van der Waals surface area contributed by atoms with E-state index in [1.807, 2.05) is 13.8 Å². The first-order chi connectivity index (χ1) is 8.97. The lowest BCUT2D eigenvalue weighted by Gasteiger charge is -2.12. The number of carbonyl (C=O) groups is 1. The molecule has 0 unspecified atom stereocenters. The molecule has 4 heteroatoms. The van der Waals surface area contributed by atoms with Crippen LogP contribution in [0.5, 0.6) is 0 Å². The minimum Gasteiger partial charge on any atom is -0.478 e. The lowest BCUT2D eigenvalue weighted by molar-refractivity contribution is 0.0698. The smallest absolute Gasteiger partial charge is 0.337 e. The molecule has 2 N–H and O–H groups in total. The monoisotopic (exact) mass is 259 g/mol. The van der Waals surface area contributed by atoms with E-state index in [4.69, 9.17) is 5.11 Å². The van der Waals surface area contributed by atoms with E-state index >= 15 is 0 Å². The van der Waals surface area contributed by atoms with Crippen LogP contribution >= 0.6 is 0 Å². The number of aromatic carboxylic acids is 1. The molecule has 0 spiro atoms. The highest BCUT2D eigenvalue weighted by Gasteiger charge is 2.11. The normalized spacial score (nSPS) is 10.3. The fourth-order valence-corrected chi connectivity index (χ4v) is 1.83. The van der Waals surface area contributed by atoms with Crippen molar-refractivity contribution in [2.75, 3.05) is 5.32 Å². The topological polar surface area (TPSA) is 49.3 Å². The molecular weight excluding hydrogens is 245 g/mol. The number of carboxylic acid groups (broad SMARTS) is 1. The highest BCUT2D eigenvalue weighted by Crippen LogP contribution is 2.25. The Labute approximate surface area is 110 Å². The first-order valence-corrected chi connectivity index (χ1v) is 5.84. The standard InChI is InChI=1S/C15H14FNO2/c1-9-3-5-11(15(18)19)13(7-9)17-14-8-10(2)4-6-12(14)16/h3-8,17H,1-2H3,(H,18,19). The van der Waals surface area contributed by atoms with E-state index < -0.39 is 11.8 Å². The van der Waals surface area contributed by atoms with Gasteiger partial charge in [0.1, 0.15) is 5.82 Å². The molecule has 0 heterocycles. The number of hydrogen-bond donors (Lipinski definition) is 2. The van der Waals surface area contributed by atoms with Crippen molar-refractivity contribution in [2.24, 2.45) is 0 Å². The van der Waals surface area contributed by atoms with Crippen molar-refractivity contribution >= 4 is 17.3 Å². The van der Waals surface area contributed by atoms with E-state index in [1.54, 1.807) is 24.3 Å². The molecule has 98 valence electrons. The molecule has 0 aliphatic rings. The van der Waals surface area contributed by atoms with Gasteiger partial charge < -0.3 is 10.4 Å². The zero-order valence-electron chi connectivity index (χ0n) is 10.7. The van der Waals surface area contributed by atoms with Gasteiger partial charge in [0.2, 0.25) is 0 Å². The van der Waals surface area contributed by atoms with Gasteiger partial charge in [-0.25, -0.2) is 9.18 Å². The lowest BCUT2D eigenvalue weighted by Crippen LogP contribution is -2.04. The lowest BCUT2D eigenvalue weighted by atomic mass is 10.1. The minimum atomic E-state index is -1.05. The molecule has 0 atom stereocenters. The molecule has 3 nitrogen and oxygen atoms in total. The van der Waals surface area contributed by atoms with Gasteiger partial charge >= 0.3 is 5.97 Å². The minimum absolute atomic E-state index is 0.117. The van der Waals surface area contributed by atoms with Crippen LogP contribution in [0.2, 0.25) is 0 Å². The Morgan fingerprint density at radius 1 is 1.05 bits per heavy atom. The molecule has 0 radical (unpaired) electrons. The maximum Gasteiger partial charge on any atom is 0.337 e. The summed E-state index contributed by atoms with van der Waals surface area (Å²) in [6.45, 7) is 3.70. The molecule has 0 saturated heterocycles. The summed E-state index contributed by atoms with van der Waals surface area (Å²) in [5.74, 6) is -1.46. The van der Waals surface area contributed by atoms with Crippen LogP contribution in [0, 0.1) is 19.7 Å².